The molecule has 0 spiro atoms. The summed E-state index contributed by atoms with van der Waals surface area (Å²) < 4.78 is 33.7. The van der Waals surface area contributed by atoms with E-state index in [0.29, 0.717) is 30.1 Å². The number of fused-ring (bicyclic) bond motifs is 1. The van der Waals surface area contributed by atoms with Crippen molar-refractivity contribution in [3.05, 3.63) is 94.3 Å². The average molecular weight is 453 g/mol. The summed E-state index contributed by atoms with van der Waals surface area (Å²) in [5, 5.41) is 5.82. The van der Waals surface area contributed by atoms with Gasteiger partial charge in [-0.05, 0) is 55.3 Å². The lowest BCUT2D eigenvalue weighted by Crippen LogP contribution is -2.30. The summed E-state index contributed by atoms with van der Waals surface area (Å²) in [6.07, 6.45) is 0. The fraction of sp³-hybridized carbons (Fsp3) is 0.280. The Hall–Kier alpha value is -3.52. The number of halogens is 2. The van der Waals surface area contributed by atoms with Crippen molar-refractivity contribution in [2.24, 2.45) is 0 Å². The summed E-state index contributed by atoms with van der Waals surface area (Å²) in [5.41, 5.74) is 2.89. The molecular formula is C25H25F2N3O3. The third-order valence-corrected chi connectivity index (χ3v) is 5.82. The number of aromatic nitrogens is 1. The summed E-state index contributed by atoms with van der Waals surface area (Å²) in [6.45, 7) is 4.72. The highest BCUT2D eigenvalue weighted by Crippen LogP contribution is 2.23. The van der Waals surface area contributed by atoms with Crippen LogP contribution in [0, 0.1) is 11.6 Å². The van der Waals surface area contributed by atoms with E-state index in [1.807, 2.05) is 13.8 Å². The Morgan fingerprint density at radius 3 is 1.94 bits per heavy atom. The topological polar surface area (TPSA) is 72.4 Å². The van der Waals surface area contributed by atoms with Gasteiger partial charge in [-0.25, -0.2) is 8.78 Å². The molecule has 0 bridgehead atoms. The van der Waals surface area contributed by atoms with Crippen LogP contribution in [0.1, 0.15) is 63.6 Å². The van der Waals surface area contributed by atoms with Crippen molar-refractivity contribution < 1.29 is 23.1 Å². The molecule has 6 nitrogen and oxygen atoms in total. The molecule has 0 radical (unpaired) electrons. The number of benzene rings is 2. The third kappa shape index (κ3) is 4.96. The van der Waals surface area contributed by atoms with Gasteiger partial charge in [0.1, 0.15) is 17.3 Å². The molecule has 2 heterocycles. The summed E-state index contributed by atoms with van der Waals surface area (Å²) in [4.78, 5) is 26.1. The van der Waals surface area contributed by atoms with Crippen LogP contribution < -0.4 is 10.6 Å². The molecule has 2 atom stereocenters. The number of carbonyl (C=O) groups is 2. The summed E-state index contributed by atoms with van der Waals surface area (Å²) >= 11 is 0. The monoisotopic (exact) mass is 453 g/mol. The number of hydrogen-bond donors (Lipinski definition) is 2. The van der Waals surface area contributed by atoms with E-state index in [2.05, 4.69) is 10.6 Å². The highest BCUT2D eigenvalue weighted by Gasteiger charge is 2.27. The summed E-state index contributed by atoms with van der Waals surface area (Å²) in [6, 6.07) is 12.7. The molecule has 2 N–H and O–H groups in total. The van der Waals surface area contributed by atoms with Crippen LogP contribution in [0.15, 0.2) is 54.6 Å². The number of hydrogen-bond acceptors (Lipinski definition) is 3. The Labute approximate surface area is 190 Å². The van der Waals surface area contributed by atoms with Crippen molar-refractivity contribution in [1.29, 1.82) is 0 Å². The number of amides is 2. The number of nitrogens with one attached hydrogen (secondary N) is 2. The van der Waals surface area contributed by atoms with Crippen molar-refractivity contribution >= 4 is 11.8 Å². The molecule has 3 aromatic rings. The Morgan fingerprint density at radius 1 is 0.879 bits per heavy atom. The first-order chi connectivity index (χ1) is 15.8. The maximum Gasteiger partial charge on any atom is 0.268 e. The smallest absolute Gasteiger partial charge is 0.268 e. The molecule has 4 rings (SSSR count). The van der Waals surface area contributed by atoms with Crippen molar-refractivity contribution in [2.45, 2.75) is 39.1 Å². The van der Waals surface area contributed by atoms with Gasteiger partial charge in [0.2, 0.25) is 0 Å². The first-order valence-electron chi connectivity index (χ1n) is 10.8. The number of ether oxygens (including phenoxy) is 1. The standard InChI is InChI=1S/C25H25F2N3O3/c1-15(17-3-7-19(26)8-4-17)28-24(31)21-13-22(30-11-12-33-14-23(21)30)25(32)29-16(2)18-5-9-20(27)10-6-18/h3-10,13,15-16H,11-12,14H2,1-2H3,(H,28,31)(H,29,32)/t15-,16-/m1/s1. The molecule has 0 saturated heterocycles. The summed E-state index contributed by atoms with van der Waals surface area (Å²) in [7, 11) is 0. The van der Waals surface area contributed by atoms with Crippen LogP contribution in [0.4, 0.5) is 8.78 Å². The fourth-order valence-corrected chi connectivity index (χ4v) is 3.92. The predicted molar refractivity (Wildman–Crippen MR) is 119 cm³/mol. The largest absolute Gasteiger partial charge is 0.373 e. The predicted octanol–water partition coefficient (Wildman–Crippen LogP) is 4.28. The average Bonchev–Trinajstić information content (AvgIpc) is 3.20. The van der Waals surface area contributed by atoms with Gasteiger partial charge in [-0.1, -0.05) is 24.3 Å². The molecule has 0 saturated carbocycles. The molecule has 0 unspecified atom stereocenters. The van der Waals surface area contributed by atoms with E-state index in [9.17, 15) is 18.4 Å². The minimum absolute atomic E-state index is 0.217. The van der Waals surface area contributed by atoms with Gasteiger partial charge in [0.05, 0.1) is 36.6 Å². The summed E-state index contributed by atoms with van der Waals surface area (Å²) in [5.74, 6) is -1.36. The van der Waals surface area contributed by atoms with Crippen molar-refractivity contribution in [3.63, 3.8) is 0 Å². The van der Waals surface area contributed by atoms with Crippen molar-refractivity contribution in [2.75, 3.05) is 6.61 Å². The molecule has 0 aliphatic carbocycles. The van der Waals surface area contributed by atoms with Crippen LogP contribution in [-0.4, -0.2) is 23.0 Å². The van der Waals surface area contributed by atoms with E-state index in [1.165, 1.54) is 24.3 Å². The number of rotatable bonds is 6. The third-order valence-electron chi connectivity index (χ3n) is 5.82. The van der Waals surface area contributed by atoms with Crippen LogP contribution in [0.25, 0.3) is 0 Å². The molecule has 2 aromatic carbocycles. The zero-order valence-corrected chi connectivity index (χ0v) is 18.4. The second-order valence-corrected chi connectivity index (χ2v) is 8.09. The highest BCUT2D eigenvalue weighted by molar-refractivity contribution is 6.01. The quantitative estimate of drug-likeness (QED) is 0.585. The van der Waals surface area contributed by atoms with Crippen LogP contribution in [0.3, 0.4) is 0 Å². The van der Waals surface area contributed by atoms with E-state index in [4.69, 9.17) is 4.74 Å². The zero-order valence-electron chi connectivity index (χ0n) is 18.4. The highest BCUT2D eigenvalue weighted by atomic mass is 19.1. The van der Waals surface area contributed by atoms with Gasteiger partial charge >= 0.3 is 0 Å². The van der Waals surface area contributed by atoms with Gasteiger partial charge < -0.3 is 19.9 Å². The van der Waals surface area contributed by atoms with Gasteiger partial charge in [0, 0.05) is 6.54 Å². The van der Waals surface area contributed by atoms with Crippen LogP contribution >= 0.6 is 0 Å². The zero-order chi connectivity index (χ0) is 23.5. The van der Waals surface area contributed by atoms with Crippen molar-refractivity contribution in [1.82, 2.24) is 15.2 Å². The van der Waals surface area contributed by atoms with E-state index >= 15 is 0 Å². The molecule has 1 aliphatic heterocycles. The molecule has 8 heteroatoms. The van der Waals surface area contributed by atoms with Gasteiger partial charge in [0.25, 0.3) is 11.8 Å². The molecule has 172 valence electrons. The second-order valence-electron chi connectivity index (χ2n) is 8.09. The first-order valence-corrected chi connectivity index (χ1v) is 10.8. The van der Waals surface area contributed by atoms with Gasteiger partial charge in [0.15, 0.2) is 0 Å². The van der Waals surface area contributed by atoms with E-state index in [0.717, 1.165) is 11.1 Å². The first kappa shape index (κ1) is 22.7. The molecule has 0 fully saturated rings. The Morgan fingerprint density at radius 2 is 1.39 bits per heavy atom. The Bertz CT molecular complexity index is 1070. The van der Waals surface area contributed by atoms with Gasteiger partial charge in [-0.3, -0.25) is 9.59 Å². The number of nitrogens with zero attached hydrogens (tertiary/aromatic N) is 1. The Kier molecular flexibility index (Phi) is 6.55. The van der Waals surface area contributed by atoms with Crippen LogP contribution in [0.2, 0.25) is 0 Å². The fourth-order valence-electron chi connectivity index (χ4n) is 3.92. The molecule has 1 aromatic heterocycles. The molecule has 1 aliphatic rings. The maximum atomic E-state index is 13.2. The lowest BCUT2D eigenvalue weighted by atomic mass is 10.1. The van der Waals surface area contributed by atoms with Crippen LogP contribution in [-0.2, 0) is 17.9 Å². The lowest BCUT2D eigenvalue weighted by Gasteiger charge is -2.21. The van der Waals surface area contributed by atoms with Crippen molar-refractivity contribution in [3.8, 4) is 0 Å². The SMILES string of the molecule is C[C@@H](NC(=O)c1cc(C(=O)N[C@H](C)c2ccc(F)cc2)n2c1COCC2)c1ccc(F)cc1. The minimum Gasteiger partial charge on any atom is -0.373 e. The van der Waals surface area contributed by atoms with E-state index < -0.39 is 0 Å². The van der Waals surface area contributed by atoms with Crippen LogP contribution in [0.5, 0.6) is 0 Å². The molecular weight excluding hydrogens is 428 g/mol. The van der Waals surface area contributed by atoms with E-state index in [-0.39, 0.29) is 42.1 Å². The van der Waals surface area contributed by atoms with E-state index in [1.54, 1.807) is 34.9 Å². The lowest BCUT2D eigenvalue weighted by molar-refractivity contribution is 0.0775. The minimum atomic E-state index is -0.353. The number of carbonyl (C=O) groups excluding carboxylic acids is 2. The van der Waals surface area contributed by atoms with Gasteiger partial charge in [-0.2, -0.15) is 0 Å². The van der Waals surface area contributed by atoms with Gasteiger partial charge in [-0.15, -0.1) is 0 Å². The second kappa shape index (κ2) is 9.54. The molecule has 2 amide bonds. The molecule has 33 heavy (non-hydrogen) atoms. The Balaban J connectivity index is 1.54. The normalized spacial score (nSPS) is 14.8. The maximum absolute atomic E-state index is 13.2.